The van der Waals surface area contributed by atoms with Gasteiger partial charge in [-0.3, -0.25) is 0 Å². The molecule has 5 heteroatoms. The van der Waals surface area contributed by atoms with E-state index in [1.54, 1.807) is 7.11 Å². The van der Waals surface area contributed by atoms with E-state index in [9.17, 15) is 4.39 Å². The predicted molar refractivity (Wildman–Crippen MR) is 146 cm³/mol. The summed E-state index contributed by atoms with van der Waals surface area (Å²) in [6.07, 6.45) is 9.22. The third-order valence-electron chi connectivity index (χ3n) is 8.26. The van der Waals surface area contributed by atoms with Gasteiger partial charge in [-0.25, -0.2) is 4.39 Å². The predicted octanol–water partition coefficient (Wildman–Crippen LogP) is 6.68. The van der Waals surface area contributed by atoms with Gasteiger partial charge < -0.3 is 19.4 Å². The Morgan fingerprint density at radius 3 is 2.57 bits per heavy atom. The fourth-order valence-electron chi connectivity index (χ4n) is 6.34. The van der Waals surface area contributed by atoms with Gasteiger partial charge in [-0.05, 0) is 92.1 Å². The Balaban J connectivity index is 1.07. The van der Waals surface area contributed by atoms with Crippen molar-refractivity contribution in [3.8, 4) is 5.69 Å². The fraction of sp³-hybridized carbons (Fsp3) is 0.375. The number of para-hydroxylation sites is 1. The number of rotatable bonds is 7. The van der Waals surface area contributed by atoms with E-state index in [1.165, 1.54) is 34.2 Å². The molecule has 1 aliphatic heterocycles. The summed E-state index contributed by atoms with van der Waals surface area (Å²) in [7, 11) is 1.75. The highest BCUT2D eigenvalue weighted by atomic mass is 19.1. The molecule has 0 radical (unpaired) electrons. The van der Waals surface area contributed by atoms with E-state index in [0.717, 1.165) is 62.7 Å². The average molecular weight is 499 g/mol. The van der Waals surface area contributed by atoms with E-state index in [4.69, 9.17) is 9.47 Å². The Morgan fingerprint density at radius 1 is 1.00 bits per heavy atom. The Bertz CT molecular complexity index is 1350. The molecule has 0 unspecified atom stereocenters. The van der Waals surface area contributed by atoms with Crippen LogP contribution in [0.3, 0.4) is 0 Å². The minimum atomic E-state index is -0.212. The van der Waals surface area contributed by atoms with E-state index >= 15 is 0 Å². The molecule has 3 aromatic carbocycles. The lowest BCUT2D eigenvalue weighted by Crippen LogP contribution is -2.46. The number of ether oxygens (including phenoxy) is 2. The Hall–Kier alpha value is -2.99. The number of benzene rings is 3. The highest BCUT2D eigenvalue weighted by molar-refractivity contribution is 5.85. The molecular weight excluding hydrogens is 463 g/mol. The lowest BCUT2D eigenvalue weighted by atomic mass is 9.74. The van der Waals surface area contributed by atoms with Crippen molar-refractivity contribution in [2.45, 2.75) is 62.9 Å². The number of aryl methyl sites for hydroxylation is 1. The molecule has 1 aliphatic carbocycles. The molecule has 0 bridgehead atoms. The Morgan fingerprint density at radius 2 is 1.76 bits per heavy atom. The van der Waals surface area contributed by atoms with Crippen molar-refractivity contribution in [3.63, 3.8) is 0 Å². The summed E-state index contributed by atoms with van der Waals surface area (Å²) in [5.74, 6) is -0.210. The van der Waals surface area contributed by atoms with E-state index < -0.39 is 0 Å². The molecule has 1 N–H and O–H groups in total. The lowest BCUT2D eigenvalue weighted by molar-refractivity contribution is -0.224. The van der Waals surface area contributed by atoms with Crippen LogP contribution in [-0.4, -0.2) is 30.6 Å². The molecular formula is C32H35FN2O2. The minimum absolute atomic E-state index is 0.156. The molecule has 4 aromatic rings. The first kappa shape index (κ1) is 24.4. The SMILES string of the molecule is CO[C@H]1Cc2ccccc2C2(CCC(NCCCc3cn(-c4ccc(F)cc4)c4ccccc34)CC2)O1. The van der Waals surface area contributed by atoms with Crippen molar-refractivity contribution in [1.29, 1.82) is 0 Å². The second-order valence-electron chi connectivity index (χ2n) is 10.5. The van der Waals surface area contributed by atoms with E-state index in [-0.39, 0.29) is 17.7 Å². The van der Waals surface area contributed by atoms with Gasteiger partial charge in [-0.15, -0.1) is 0 Å². The van der Waals surface area contributed by atoms with Crippen LogP contribution in [0.2, 0.25) is 0 Å². The number of methoxy groups -OCH3 is 1. The molecule has 37 heavy (non-hydrogen) atoms. The van der Waals surface area contributed by atoms with Gasteiger partial charge in [0.1, 0.15) is 5.82 Å². The highest BCUT2D eigenvalue weighted by Gasteiger charge is 2.43. The number of nitrogens with one attached hydrogen (secondary N) is 1. The third kappa shape index (κ3) is 4.84. The molecule has 0 saturated heterocycles. The molecule has 1 fully saturated rings. The maximum absolute atomic E-state index is 13.5. The topological polar surface area (TPSA) is 35.4 Å². The van der Waals surface area contributed by atoms with E-state index in [0.29, 0.717) is 6.04 Å². The largest absolute Gasteiger partial charge is 0.356 e. The molecule has 1 atom stereocenters. The van der Waals surface area contributed by atoms with Gasteiger partial charge in [0.2, 0.25) is 0 Å². The van der Waals surface area contributed by atoms with E-state index in [2.05, 4.69) is 64.6 Å². The molecule has 1 aromatic heterocycles. The van der Waals surface area contributed by atoms with Gasteiger partial charge in [0.25, 0.3) is 0 Å². The van der Waals surface area contributed by atoms with Crippen LogP contribution in [-0.2, 0) is 27.9 Å². The first-order chi connectivity index (χ1) is 18.1. The highest BCUT2D eigenvalue weighted by Crippen LogP contribution is 2.46. The second-order valence-corrected chi connectivity index (χ2v) is 10.5. The number of aromatic nitrogens is 1. The maximum Gasteiger partial charge on any atom is 0.162 e. The van der Waals surface area contributed by atoms with Crippen molar-refractivity contribution < 1.29 is 13.9 Å². The Kier molecular flexibility index (Phi) is 6.85. The van der Waals surface area contributed by atoms with E-state index in [1.807, 2.05) is 12.1 Å². The molecule has 2 aliphatic rings. The quantitative estimate of drug-likeness (QED) is 0.289. The van der Waals surface area contributed by atoms with Gasteiger partial charge in [0, 0.05) is 36.8 Å². The summed E-state index contributed by atoms with van der Waals surface area (Å²) < 4.78 is 27.8. The summed E-state index contributed by atoms with van der Waals surface area (Å²) in [5, 5.41) is 5.09. The van der Waals surface area contributed by atoms with Gasteiger partial charge >= 0.3 is 0 Å². The number of fused-ring (bicyclic) bond motifs is 3. The van der Waals surface area contributed by atoms with Crippen molar-refractivity contribution in [2.75, 3.05) is 13.7 Å². The molecule has 192 valence electrons. The van der Waals surface area contributed by atoms with Crippen LogP contribution in [0, 0.1) is 5.82 Å². The van der Waals surface area contributed by atoms with Crippen LogP contribution < -0.4 is 5.32 Å². The van der Waals surface area contributed by atoms with Gasteiger partial charge in [0.05, 0.1) is 11.1 Å². The van der Waals surface area contributed by atoms with Crippen molar-refractivity contribution in [2.24, 2.45) is 0 Å². The molecule has 1 saturated carbocycles. The van der Waals surface area contributed by atoms with Crippen LogP contribution in [0.5, 0.6) is 0 Å². The number of hydrogen-bond acceptors (Lipinski definition) is 3. The second kappa shape index (κ2) is 10.4. The van der Waals surface area contributed by atoms with Gasteiger partial charge in [-0.2, -0.15) is 0 Å². The first-order valence-corrected chi connectivity index (χ1v) is 13.5. The number of nitrogens with zero attached hydrogens (tertiary/aromatic N) is 1. The van der Waals surface area contributed by atoms with Crippen LogP contribution in [0.4, 0.5) is 4.39 Å². The number of hydrogen-bond donors (Lipinski definition) is 1. The normalized spacial score (nSPS) is 23.4. The monoisotopic (exact) mass is 498 g/mol. The summed E-state index contributed by atoms with van der Waals surface area (Å²) in [6.45, 7) is 0.992. The summed E-state index contributed by atoms with van der Waals surface area (Å²) >= 11 is 0. The van der Waals surface area contributed by atoms with Crippen molar-refractivity contribution >= 4 is 10.9 Å². The van der Waals surface area contributed by atoms with Crippen LogP contribution in [0.25, 0.3) is 16.6 Å². The zero-order valence-corrected chi connectivity index (χ0v) is 21.5. The van der Waals surface area contributed by atoms with Gasteiger partial charge in [0.15, 0.2) is 6.29 Å². The molecule has 0 amide bonds. The molecule has 6 rings (SSSR count). The summed E-state index contributed by atoms with van der Waals surface area (Å²) in [4.78, 5) is 0. The summed E-state index contributed by atoms with van der Waals surface area (Å²) in [6, 6.07) is 24.4. The van der Waals surface area contributed by atoms with Gasteiger partial charge in [-0.1, -0.05) is 42.5 Å². The first-order valence-electron chi connectivity index (χ1n) is 13.5. The molecule has 4 nitrogen and oxygen atoms in total. The van der Waals surface area contributed by atoms with Crippen LogP contribution >= 0.6 is 0 Å². The minimum Gasteiger partial charge on any atom is -0.356 e. The zero-order chi connectivity index (χ0) is 25.2. The molecule has 1 spiro atoms. The Labute approximate surface area is 218 Å². The fourth-order valence-corrected chi connectivity index (χ4v) is 6.34. The van der Waals surface area contributed by atoms with Crippen molar-refractivity contribution in [1.82, 2.24) is 9.88 Å². The van der Waals surface area contributed by atoms with Crippen LogP contribution in [0.15, 0.2) is 79.0 Å². The summed E-state index contributed by atoms with van der Waals surface area (Å²) in [5.41, 5.74) is 6.00. The lowest BCUT2D eigenvalue weighted by Gasteiger charge is -2.46. The third-order valence-corrected chi connectivity index (χ3v) is 8.26. The van der Waals surface area contributed by atoms with Crippen molar-refractivity contribution in [3.05, 3.63) is 102 Å². The van der Waals surface area contributed by atoms with Crippen LogP contribution in [0.1, 0.15) is 48.8 Å². The zero-order valence-electron chi connectivity index (χ0n) is 21.5. The number of halogens is 1. The maximum atomic E-state index is 13.5. The molecule has 2 heterocycles. The average Bonchev–Trinajstić information content (AvgIpc) is 3.31. The smallest absolute Gasteiger partial charge is 0.162 e. The standard InChI is InChI=1S/C32H35FN2O2/c1-36-31-21-23-7-2-4-10-29(23)32(37-31)18-16-26(17-19-32)34-20-6-8-24-22-35(27-14-12-25(33)13-15-27)30-11-5-3-9-28(24)30/h2-5,7,9-15,22,26,31,34H,6,8,16-21H2,1H3/t26?,31-,32?/m1/s1.